The molecule has 0 amide bonds. The van der Waals surface area contributed by atoms with Crippen LogP contribution in [0.2, 0.25) is 0 Å². The highest BCUT2D eigenvalue weighted by molar-refractivity contribution is 7.98. The molecule has 4 aromatic rings. The summed E-state index contributed by atoms with van der Waals surface area (Å²) in [5.41, 5.74) is 3.94. The molecule has 8 heteroatoms. The highest BCUT2D eigenvalue weighted by Gasteiger charge is 2.17. The maximum atomic E-state index is 11.0. The number of nitro benzene ring substituents is 1. The number of aromatic nitrogens is 4. The van der Waals surface area contributed by atoms with Gasteiger partial charge in [0.05, 0.1) is 4.92 Å². The molecule has 144 valence electrons. The van der Waals surface area contributed by atoms with Crippen molar-refractivity contribution in [3.05, 3.63) is 94.3 Å². The molecule has 0 saturated carbocycles. The van der Waals surface area contributed by atoms with Gasteiger partial charge in [-0.15, -0.1) is 10.2 Å². The third-order valence-corrected chi connectivity index (χ3v) is 5.32. The summed E-state index contributed by atoms with van der Waals surface area (Å²) in [7, 11) is 0. The molecule has 29 heavy (non-hydrogen) atoms. The van der Waals surface area contributed by atoms with Crippen LogP contribution >= 0.6 is 11.8 Å². The number of thioether (sulfide) groups is 1. The number of hydrogen-bond acceptors (Lipinski definition) is 6. The van der Waals surface area contributed by atoms with Crippen LogP contribution in [0.15, 0.2) is 78.2 Å². The number of non-ortho nitro benzene ring substituents is 1. The molecule has 0 fully saturated rings. The molecule has 2 heterocycles. The van der Waals surface area contributed by atoms with E-state index in [1.54, 1.807) is 24.5 Å². The molecule has 0 saturated heterocycles. The number of pyridine rings is 1. The van der Waals surface area contributed by atoms with Crippen molar-refractivity contribution in [2.75, 3.05) is 0 Å². The summed E-state index contributed by atoms with van der Waals surface area (Å²) in [5.74, 6) is 1.27. The minimum absolute atomic E-state index is 0.0840. The number of aryl methyl sites for hydroxylation is 1. The van der Waals surface area contributed by atoms with Gasteiger partial charge in [0.1, 0.15) is 0 Å². The van der Waals surface area contributed by atoms with Crippen molar-refractivity contribution in [1.29, 1.82) is 0 Å². The second kappa shape index (κ2) is 8.24. The molecule has 7 nitrogen and oxygen atoms in total. The average Bonchev–Trinajstić information content (AvgIpc) is 3.17. The van der Waals surface area contributed by atoms with Gasteiger partial charge in [0.15, 0.2) is 11.0 Å². The van der Waals surface area contributed by atoms with Gasteiger partial charge < -0.3 is 0 Å². The fourth-order valence-corrected chi connectivity index (χ4v) is 3.85. The summed E-state index contributed by atoms with van der Waals surface area (Å²) in [6.07, 6.45) is 3.45. The first-order valence-electron chi connectivity index (χ1n) is 8.91. The van der Waals surface area contributed by atoms with Crippen LogP contribution in [0.3, 0.4) is 0 Å². The molecule has 0 aliphatic carbocycles. The lowest BCUT2D eigenvalue weighted by atomic mass is 10.2. The fraction of sp³-hybridized carbons (Fsp3) is 0.0952. The largest absolute Gasteiger partial charge is 0.270 e. The van der Waals surface area contributed by atoms with Crippen molar-refractivity contribution >= 4 is 17.4 Å². The lowest BCUT2D eigenvalue weighted by Gasteiger charge is -2.11. The maximum absolute atomic E-state index is 11.0. The Hall–Kier alpha value is -3.52. The lowest BCUT2D eigenvalue weighted by Crippen LogP contribution is -2.00. The molecule has 0 atom stereocenters. The van der Waals surface area contributed by atoms with E-state index in [0.717, 1.165) is 28.2 Å². The van der Waals surface area contributed by atoms with Crippen LogP contribution in [-0.4, -0.2) is 24.7 Å². The standard InChI is InChI=1S/C21H17N5O2S/c1-15-4-2-6-18(12-15)25-20(17-8-10-22-11-9-17)23-24-21(25)29-14-16-5-3-7-19(13-16)26(27)28/h2-13H,14H2,1H3. The van der Waals surface area contributed by atoms with Gasteiger partial charge in [-0.2, -0.15) is 0 Å². The molecule has 0 spiro atoms. The van der Waals surface area contributed by atoms with E-state index in [4.69, 9.17) is 0 Å². The summed E-state index contributed by atoms with van der Waals surface area (Å²) in [5, 5.41) is 20.5. The second-order valence-corrected chi connectivity index (χ2v) is 7.37. The summed E-state index contributed by atoms with van der Waals surface area (Å²) in [6, 6.07) is 18.6. The van der Waals surface area contributed by atoms with Gasteiger partial charge >= 0.3 is 0 Å². The molecule has 2 aromatic heterocycles. The predicted molar refractivity (Wildman–Crippen MR) is 112 cm³/mol. The van der Waals surface area contributed by atoms with Crippen LogP contribution in [0.1, 0.15) is 11.1 Å². The molecule has 0 unspecified atom stereocenters. The van der Waals surface area contributed by atoms with Crippen molar-refractivity contribution in [1.82, 2.24) is 19.7 Å². The maximum Gasteiger partial charge on any atom is 0.269 e. The van der Waals surface area contributed by atoms with Gasteiger partial charge in [0.2, 0.25) is 0 Å². The van der Waals surface area contributed by atoms with E-state index in [9.17, 15) is 10.1 Å². The van der Waals surface area contributed by atoms with Gasteiger partial charge in [-0.05, 0) is 42.3 Å². The van der Waals surface area contributed by atoms with E-state index in [1.165, 1.54) is 17.8 Å². The van der Waals surface area contributed by atoms with Crippen molar-refractivity contribution in [2.24, 2.45) is 0 Å². The third-order valence-electron chi connectivity index (χ3n) is 4.32. The lowest BCUT2D eigenvalue weighted by molar-refractivity contribution is -0.384. The number of rotatable bonds is 6. The summed E-state index contributed by atoms with van der Waals surface area (Å²) < 4.78 is 2.00. The highest BCUT2D eigenvalue weighted by atomic mass is 32.2. The van der Waals surface area contributed by atoms with Gasteiger partial charge in [-0.25, -0.2) is 0 Å². The van der Waals surface area contributed by atoms with Crippen LogP contribution in [0.5, 0.6) is 0 Å². The van der Waals surface area contributed by atoms with Crippen molar-refractivity contribution in [3.63, 3.8) is 0 Å². The summed E-state index contributed by atoms with van der Waals surface area (Å²) >= 11 is 1.49. The molecule has 0 bridgehead atoms. The van der Waals surface area contributed by atoms with E-state index in [0.29, 0.717) is 10.9 Å². The molecule has 0 aliphatic rings. The van der Waals surface area contributed by atoms with E-state index >= 15 is 0 Å². The average molecular weight is 403 g/mol. The third kappa shape index (κ3) is 4.17. The minimum Gasteiger partial charge on any atom is -0.270 e. The molecule has 0 N–H and O–H groups in total. The number of nitrogens with zero attached hydrogens (tertiary/aromatic N) is 5. The fourth-order valence-electron chi connectivity index (χ4n) is 2.96. The summed E-state index contributed by atoms with van der Waals surface area (Å²) in [6.45, 7) is 2.04. The first kappa shape index (κ1) is 18.8. The molecular formula is C21H17N5O2S. The SMILES string of the molecule is Cc1cccc(-n2c(SCc3cccc([N+](=O)[O-])c3)nnc2-c2ccncc2)c1. The minimum atomic E-state index is -0.384. The van der Waals surface area contributed by atoms with E-state index in [2.05, 4.69) is 21.2 Å². The smallest absolute Gasteiger partial charge is 0.269 e. The van der Waals surface area contributed by atoms with Crippen LogP contribution in [-0.2, 0) is 5.75 Å². The van der Waals surface area contributed by atoms with Crippen LogP contribution in [0, 0.1) is 17.0 Å². The Balaban J connectivity index is 1.71. The Morgan fingerprint density at radius 1 is 1.03 bits per heavy atom. The van der Waals surface area contributed by atoms with Gasteiger partial charge in [-0.1, -0.05) is 36.0 Å². The predicted octanol–water partition coefficient (Wildman–Crippen LogP) is 4.84. The summed E-state index contributed by atoms with van der Waals surface area (Å²) in [4.78, 5) is 14.7. The zero-order valence-electron chi connectivity index (χ0n) is 15.6. The molecular weight excluding hydrogens is 386 g/mol. The monoisotopic (exact) mass is 403 g/mol. The van der Waals surface area contributed by atoms with Crippen molar-refractivity contribution in [3.8, 4) is 17.1 Å². The number of nitro groups is 1. The normalized spacial score (nSPS) is 10.8. The first-order valence-corrected chi connectivity index (χ1v) is 9.89. The van der Waals surface area contributed by atoms with Crippen LogP contribution in [0.25, 0.3) is 17.1 Å². The van der Waals surface area contributed by atoms with Crippen LogP contribution < -0.4 is 0 Å². The van der Waals surface area contributed by atoms with Crippen LogP contribution in [0.4, 0.5) is 5.69 Å². The van der Waals surface area contributed by atoms with Gasteiger partial charge in [0, 0.05) is 41.5 Å². The topological polar surface area (TPSA) is 86.7 Å². The Morgan fingerprint density at radius 3 is 2.59 bits per heavy atom. The Morgan fingerprint density at radius 2 is 1.83 bits per heavy atom. The molecule has 0 radical (unpaired) electrons. The Kier molecular flexibility index (Phi) is 5.35. The van der Waals surface area contributed by atoms with Crippen molar-refractivity contribution in [2.45, 2.75) is 17.8 Å². The number of hydrogen-bond donors (Lipinski definition) is 0. The quantitative estimate of drug-likeness (QED) is 0.260. The van der Waals surface area contributed by atoms with Gasteiger partial charge in [-0.3, -0.25) is 19.7 Å². The second-order valence-electron chi connectivity index (χ2n) is 6.43. The first-order chi connectivity index (χ1) is 14.1. The molecule has 2 aromatic carbocycles. The number of benzene rings is 2. The van der Waals surface area contributed by atoms with Gasteiger partial charge in [0.25, 0.3) is 5.69 Å². The molecule has 0 aliphatic heterocycles. The van der Waals surface area contributed by atoms with E-state index < -0.39 is 0 Å². The van der Waals surface area contributed by atoms with E-state index in [1.807, 2.05) is 47.9 Å². The Labute approximate surface area is 171 Å². The van der Waals surface area contributed by atoms with E-state index in [-0.39, 0.29) is 10.6 Å². The Bertz CT molecular complexity index is 1160. The van der Waals surface area contributed by atoms with Crippen molar-refractivity contribution < 1.29 is 4.92 Å². The zero-order chi connectivity index (χ0) is 20.2. The zero-order valence-corrected chi connectivity index (χ0v) is 16.4. The molecule has 4 rings (SSSR count). The highest BCUT2D eigenvalue weighted by Crippen LogP contribution is 2.30.